The highest BCUT2D eigenvalue weighted by atomic mass is 16.6. The summed E-state index contributed by atoms with van der Waals surface area (Å²) in [6.45, 7) is 1.91. The maximum absolute atomic E-state index is 13.1. The zero-order valence-electron chi connectivity index (χ0n) is 39.7. The topological polar surface area (TPSA) is 89.5 Å². The summed E-state index contributed by atoms with van der Waals surface area (Å²) in [4.78, 5) is 26.2. The van der Waals surface area contributed by atoms with Crippen molar-refractivity contribution < 1.29 is 38.0 Å². The molecular weight excluding hydrogens is 897 g/mol. The van der Waals surface area contributed by atoms with Crippen LogP contribution in [0.2, 0.25) is 0 Å². The summed E-state index contributed by atoms with van der Waals surface area (Å²) >= 11 is 0. The largest absolute Gasteiger partial charge is 0.491 e. The first-order valence-electron chi connectivity index (χ1n) is 24.6. The standard InChI is InChI=1S/C64H50O8/c65-57(39-49-21-19-47-17-15-43-9-5-11-45-23-27-53(49)61(47)59(43)45)71-37-33-67-31-35-69-55-29-25-41-7-1-3-13-51(41)63(55)64-52-14-4-2-8-42(52)26-30-56(64)70-36-32-68-34-38-72-58(66)40-50-22-20-48-18-16-44-10-6-12-46-24-28-54(50)62(48)60(44)46/h1-30H,31-40H2. The molecule has 0 saturated carbocycles. The van der Waals surface area contributed by atoms with Gasteiger partial charge in [-0.3, -0.25) is 9.59 Å². The third-order valence-corrected chi connectivity index (χ3v) is 13.9. The van der Waals surface area contributed by atoms with Crippen LogP contribution in [0.5, 0.6) is 11.5 Å². The van der Waals surface area contributed by atoms with Crippen molar-refractivity contribution in [2.75, 3.05) is 52.9 Å². The SMILES string of the molecule is O=C(Cc1ccc2ccc3cccc4ccc1c2c34)OCCOCCOc1ccc2ccccc2c1-c1c(OCCOCCOC(=O)Cc2ccc3ccc4cccc5ccc2c3c45)ccc2ccccc12. The average Bonchev–Trinajstić information content (AvgIpc) is 3.41. The third-order valence-electron chi connectivity index (χ3n) is 13.9. The fourth-order valence-electron chi connectivity index (χ4n) is 10.6. The van der Waals surface area contributed by atoms with E-state index in [2.05, 4.69) is 133 Å². The predicted molar refractivity (Wildman–Crippen MR) is 289 cm³/mol. The molecule has 0 spiro atoms. The summed E-state index contributed by atoms with van der Waals surface area (Å²) in [6.07, 6.45) is 0.357. The van der Waals surface area contributed by atoms with Crippen molar-refractivity contribution in [2.24, 2.45) is 0 Å². The molecule has 0 aromatic heterocycles. The maximum Gasteiger partial charge on any atom is 0.310 e. The third kappa shape index (κ3) is 8.69. The summed E-state index contributed by atoms with van der Waals surface area (Å²) < 4.78 is 36.2. The molecule has 0 N–H and O–H groups in total. The second kappa shape index (κ2) is 19.8. The number of carbonyl (C=O) groups is 2. The fourth-order valence-corrected chi connectivity index (χ4v) is 10.6. The number of benzene rings is 12. The lowest BCUT2D eigenvalue weighted by atomic mass is 9.91. The van der Waals surface area contributed by atoms with Crippen molar-refractivity contribution in [2.45, 2.75) is 12.8 Å². The molecule has 0 fully saturated rings. The molecule has 0 radical (unpaired) electrons. The molecule has 0 saturated heterocycles. The van der Waals surface area contributed by atoms with E-state index < -0.39 is 0 Å². The molecule has 8 nitrogen and oxygen atoms in total. The van der Waals surface area contributed by atoms with Crippen molar-refractivity contribution >= 4 is 98.1 Å². The van der Waals surface area contributed by atoms with E-state index in [0.717, 1.165) is 65.3 Å². The zero-order chi connectivity index (χ0) is 48.4. The van der Waals surface area contributed by atoms with Crippen LogP contribution in [-0.2, 0) is 41.4 Å². The summed E-state index contributed by atoms with van der Waals surface area (Å²) in [5.74, 6) is 0.800. The normalized spacial score (nSPS) is 11.8. The molecule has 12 aromatic rings. The molecule has 354 valence electrons. The zero-order valence-corrected chi connectivity index (χ0v) is 39.7. The van der Waals surface area contributed by atoms with E-state index in [1.54, 1.807) is 0 Å². The highest BCUT2D eigenvalue weighted by Crippen LogP contribution is 2.46. The highest BCUT2D eigenvalue weighted by Gasteiger charge is 2.20. The Labute approximate surface area is 415 Å². The van der Waals surface area contributed by atoms with Crippen LogP contribution >= 0.6 is 0 Å². The summed E-state index contributed by atoms with van der Waals surface area (Å²) in [5.41, 5.74) is 3.72. The van der Waals surface area contributed by atoms with Crippen molar-refractivity contribution in [1.82, 2.24) is 0 Å². The molecule has 0 heterocycles. The van der Waals surface area contributed by atoms with E-state index in [4.69, 9.17) is 28.4 Å². The minimum Gasteiger partial charge on any atom is -0.491 e. The molecular formula is C64H50O8. The lowest BCUT2D eigenvalue weighted by molar-refractivity contribution is -0.145. The van der Waals surface area contributed by atoms with E-state index in [1.165, 1.54) is 43.1 Å². The van der Waals surface area contributed by atoms with Gasteiger partial charge in [0.05, 0.1) is 39.3 Å². The van der Waals surface area contributed by atoms with E-state index in [-0.39, 0.29) is 64.4 Å². The number of rotatable bonds is 19. The highest BCUT2D eigenvalue weighted by molar-refractivity contribution is 6.25. The van der Waals surface area contributed by atoms with Gasteiger partial charge >= 0.3 is 11.9 Å². The Morgan fingerprint density at radius 3 is 1.08 bits per heavy atom. The number of carbonyl (C=O) groups excluding carboxylic acids is 2. The van der Waals surface area contributed by atoms with Gasteiger partial charge in [0.1, 0.15) is 37.9 Å². The van der Waals surface area contributed by atoms with Gasteiger partial charge in [-0.1, -0.05) is 170 Å². The molecule has 0 aliphatic carbocycles. The molecule has 8 heteroatoms. The van der Waals surface area contributed by atoms with Crippen LogP contribution in [0.3, 0.4) is 0 Å². The van der Waals surface area contributed by atoms with E-state index >= 15 is 0 Å². The van der Waals surface area contributed by atoms with Gasteiger partial charge in [0.15, 0.2) is 0 Å². The predicted octanol–water partition coefficient (Wildman–Crippen LogP) is 13.8. The van der Waals surface area contributed by atoms with E-state index in [9.17, 15) is 9.59 Å². The lowest BCUT2D eigenvalue weighted by Gasteiger charge is -2.20. The quantitative estimate of drug-likeness (QED) is 0.0450. The number of esters is 2. The Morgan fingerprint density at radius 1 is 0.292 bits per heavy atom. The number of hydrogen-bond acceptors (Lipinski definition) is 8. The molecule has 12 aromatic carbocycles. The van der Waals surface area contributed by atoms with Crippen LogP contribution in [0.15, 0.2) is 182 Å². The van der Waals surface area contributed by atoms with Gasteiger partial charge in [-0.25, -0.2) is 0 Å². The van der Waals surface area contributed by atoms with Crippen LogP contribution < -0.4 is 9.47 Å². The van der Waals surface area contributed by atoms with Gasteiger partial charge in [-0.15, -0.1) is 0 Å². The summed E-state index contributed by atoms with van der Waals surface area (Å²) in [5, 5.41) is 18.2. The first kappa shape index (κ1) is 44.9. The molecule has 0 aliphatic rings. The van der Waals surface area contributed by atoms with Crippen LogP contribution in [0.1, 0.15) is 11.1 Å². The molecule has 0 aliphatic heterocycles. The first-order chi connectivity index (χ1) is 35.6. The van der Waals surface area contributed by atoms with Gasteiger partial charge in [-0.2, -0.15) is 0 Å². The van der Waals surface area contributed by atoms with Gasteiger partial charge < -0.3 is 28.4 Å². The second-order valence-corrected chi connectivity index (χ2v) is 18.2. The van der Waals surface area contributed by atoms with Crippen molar-refractivity contribution in [1.29, 1.82) is 0 Å². The van der Waals surface area contributed by atoms with Gasteiger partial charge in [-0.05, 0) is 109 Å². The van der Waals surface area contributed by atoms with Crippen molar-refractivity contribution in [3.05, 3.63) is 193 Å². The smallest absolute Gasteiger partial charge is 0.310 e. The number of fused-ring (bicyclic) bond motifs is 2. The van der Waals surface area contributed by atoms with Crippen LogP contribution in [0.4, 0.5) is 0 Å². The Hall–Kier alpha value is -8.30. The number of hydrogen-bond donors (Lipinski definition) is 0. The average molecular weight is 947 g/mol. The molecule has 0 amide bonds. The molecule has 12 rings (SSSR count). The Balaban J connectivity index is 0.656. The van der Waals surface area contributed by atoms with Crippen LogP contribution in [0.25, 0.3) is 97.3 Å². The first-order valence-corrected chi connectivity index (χ1v) is 24.6. The molecule has 0 bridgehead atoms. The Kier molecular flexibility index (Phi) is 12.4. The van der Waals surface area contributed by atoms with Crippen LogP contribution in [0, 0.1) is 0 Å². The Bertz CT molecular complexity index is 3660. The van der Waals surface area contributed by atoms with Gasteiger partial charge in [0.25, 0.3) is 0 Å². The van der Waals surface area contributed by atoms with Gasteiger partial charge in [0.2, 0.25) is 0 Å². The maximum atomic E-state index is 13.1. The second-order valence-electron chi connectivity index (χ2n) is 18.2. The van der Waals surface area contributed by atoms with Gasteiger partial charge in [0, 0.05) is 11.1 Å². The number of ether oxygens (including phenoxy) is 6. The fraction of sp³-hybridized carbons (Fsp3) is 0.156. The van der Waals surface area contributed by atoms with Crippen LogP contribution in [-0.4, -0.2) is 64.8 Å². The monoisotopic (exact) mass is 946 g/mol. The minimum atomic E-state index is -0.293. The van der Waals surface area contributed by atoms with E-state index in [1.807, 2.05) is 48.5 Å². The molecule has 0 unspecified atom stereocenters. The minimum absolute atomic E-state index is 0.140. The molecule has 72 heavy (non-hydrogen) atoms. The van der Waals surface area contributed by atoms with Crippen molar-refractivity contribution in [3.63, 3.8) is 0 Å². The summed E-state index contributed by atoms with van der Waals surface area (Å²) in [6, 6.07) is 62.6. The van der Waals surface area contributed by atoms with Crippen molar-refractivity contribution in [3.8, 4) is 22.6 Å². The Morgan fingerprint density at radius 2 is 0.639 bits per heavy atom. The van der Waals surface area contributed by atoms with E-state index in [0.29, 0.717) is 24.7 Å². The molecule has 0 atom stereocenters. The lowest BCUT2D eigenvalue weighted by Crippen LogP contribution is -2.15. The summed E-state index contributed by atoms with van der Waals surface area (Å²) in [7, 11) is 0.